The molecule has 0 aromatic heterocycles. The first-order chi connectivity index (χ1) is 18.2. The molecule has 38 heavy (non-hydrogen) atoms. The number of ketones is 1. The van der Waals surface area contributed by atoms with Crippen LogP contribution in [0.15, 0.2) is 78.9 Å². The van der Waals surface area contributed by atoms with Crippen LogP contribution in [0.3, 0.4) is 0 Å². The molecule has 7 heteroatoms. The first-order valence-electron chi connectivity index (χ1n) is 12.7. The average Bonchev–Trinajstić information content (AvgIpc) is 3.39. The molecular formula is C31H26N2O5. The summed E-state index contributed by atoms with van der Waals surface area (Å²) in [6.45, 7) is 5.38. The third kappa shape index (κ3) is 2.76. The van der Waals surface area contributed by atoms with Crippen molar-refractivity contribution in [3.63, 3.8) is 0 Å². The molecule has 3 aromatic rings. The highest BCUT2D eigenvalue weighted by atomic mass is 16.6. The number of carbonyl (C=O) groups excluding carboxylic acids is 3. The number of nitro groups is 1. The molecule has 3 aliphatic rings. The number of nitrogens with zero attached hydrogens (tertiary/aromatic N) is 2. The largest absolute Gasteiger partial charge is 0.298 e. The monoisotopic (exact) mass is 506 g/mol. The van der Waals surface area contributed by atoms with Crippen LogP contribution in [0.1, 0.15) is 37.0 Å². The van der Waals surface area contributed by atoms with Gasteiger partial charge in [-0.15, -0.1) is 0 Å². The van der Waals surface area contributed by atoms with Gasteiger partial charge in [-0.2, -0.15) is 0 Å². The molecule has 6 rings (SSSR count). The van der Waals surface area contributed by atoms with Gasteiger partial charge in [-0.1, -0.05) is 67.6 Å². The number of benzene rings is 3. The van der Waals surface area contributed by atoms with Crippen LogP contribution in [-0.4, -0.2) is 22.5 Å². The minimum absolute atomic E-state index is 0.0815. The number of anilines is 1. The van der Waals surface area contributed by atoms with E-state index in [-0.39, 0.29) is 11.5 Å². The number of nitro benzene ring substituents is 1. The number of hydrogen-bond acceptors (Lipinski definition) is 5. The summed E-state index contributed by atoms with van der Waals surface area (Å²) < 4.78 is 0. The Kier molecular flexibility index (Phi) is 5.08. The van der Waals surface area contributed by atoms with Crippen molar-refractivity contribution in [2.45, 2.75) is 27.2 Å². The van der Waals surface area contributed by atoms with Gasteiger partial charge in [0.2, 0.25) is 11.8 Å². The first kappa shape index (κ1) is 24.0. The summed E-state index contributed by atoms with van der Waals surface area (Å²) in [5.74, 6) is -2.64. The molecule has 0 N–H and O–H groups in total. The van der Waals surface area contributed by atoms with E-state index in [1.54, 1.807) is 6.92 Å². The Hall–Kier alpha value is -4.39. The van der Waals surface area contributed by atoms with Crippen molar-refractivity contribution in [1.82, 2.24) is 0 Å². The maximum Gasteiger partial charge on any atom is 0.269 e. The summed E-state index contributed by atoms with van der Waals surface area (Å²) in [4.78, 5) is 54.9. The SMILES string of the molecule is CC[C@@]12C(=O)[C@@](C)(C(c3ccccc3)=C1c1ccccc1)[C@H]1C(=O)N(c3ccc([N+](=O)[O-])cc3C)C(=O)[C@H]12. The topological polar surface area (TPSA) is 97.6 Å². The second-order valence-corrected chi connectivity index (χ2v) is 10.5. The van der Waals surface area contributed by atoms with Gasteiger partial charge in [-0.25, -0.2) is 4.90 Å². The molecule has 0 unspecified atom stereocenters. The predicted octanol–water partition coefficient (Wildman–Crippen LogP) is 5.62. The Morgan fingerprint density at radius 1 is 0.842 bits per heavy atom. The number of allylic oxidation sites excluding steroid dienone is 2. The van der Waals surface area contributed by atoms with Crippen molar-refractivity contribution >= 4 is 40.1 Å². The summed E-state index contributed by atoms with van der Waals surface area (Å²) in [6.07, 6.45) is 0.370. The molecule has 7 nitrogen and oxygen atoms in total. The second kappa shape index (κ2) is 8.05. The zero-order chi connectivity index (χ0) is 27.0. The van der Waals surface area contributed by atoms with Crippen LogP contribution in [0.2, 0.25) is 0 Å². The van der Waals surface area contributed by atoms with Crippen LogP contribution in [0.4, 0.5) is 11.4 Å². The molecule has 1 aliphatic heterocycles. The minimum Gasteiger partial charge on any atom is -0.298 e. The molecule has 190 valence electrons. The first-order valence-corrected chi connectivity index (χ1v) is 12.7. The third-order valence-corrected chi connectivity index (χ3v) is 8.87. The Morgan fingerprint density at radius 3 is 1.92 bits per heavy atom. The highest BCUT2D eigenvalue weighted by Crippen LogP contribution is 2.74. The number of carbonyl (C=O) groups is 3. The number of non-ortho nitro benzene ring substituents is 1. The fourth-order valence-corrected chi connectivity index (χ4v) is 7.37. The van der Waals surface area contributed by atoms with Gasteiger partial charge in [-0.05, 0) is 54.2 Å². The standard InChI is InChI=1S/C31H26N2O5/c1-4-31-24(20-13-9-6-10-14-20)23(19-11-7-5-8-12-19)30(3,29(31)36)25-26(31)28(35)32(27(25)34)22-16-15-21(33(37)38)17-18(22)2/h5-17,25-26H,4H2,1-3H3/t25-,26+,30+,31-/m1/s1. The summed E-state index contributed by atoms with van der Waals surface area (Å²) >= 11 is 0. The van der Waals surface area contributed by atoms with Crippen LogP contribution in [0.5, 0.6) is 0 Å². The zero-order valence-corrected chi connectivity index (χ0v) is 21.3. The summed E-state index contributed by atoms with van der Waals surface area (Å²) in [7, 11) is 0. The predicted molar refractivity (Wildman–Crippen MR) is 143 cm³/mol. The molecule has 0 spiro atoms. The normalized spacial score (nSPS) is 27.9. The van der Waals surface area contributed by atoms with Crippen LogP contribution in [0.25, 0.3) is 11.1 Å². The van der Waals surface area contributed by atoms with Crippen LogP contribution < -0.4 is 4.90 Å². The Morgan fingerprint density at radius 2 is 1.39 bits per heavy atom. The molecule has 2 fully saturated rings. The molecule has 0 radical (unpaired) electrons. The molecule has 4 atom stereocenters. The number of Topliss-reactive ketones (excluding diaryl/α,β-unsaturated/α-hetero) is 1. The molecular weight excluding hydrogens is 480 g/mol. The van der Waals surface area contributed by atoms with E-state index in [1.807, 2.05) is 74.5 Å². The second-order valence-electron chi connectivity index (χ2n) is 10.5. The van der Waals surface area contributed by atoms with Crippen molar-refractivity contribution in [2.75, 3.05) is 4.90 Å². The number of imide groups is 1. The molecule has 2 aliphatic carbocycles. The van der Waals surface area contributed by atoms with Crippen molar-refractivity contribution in [3.05, 3.63) is 106 Å². The number of hydrogen-bond donors (Lipinski definition) is 0. The van der Waals surface area contributed by atoms with E-state index in [0.29, 0.717) is 17.7 Å². The van der Waals surface area contributed by atoms with E-state index >= 15 is 0 Å². The lowest BCUT2D eigenvalue weighted by atomic mass is 9.62. The van der Waals surface area contributed by atoms with Crippen LogP contribution in [0, 0.1) is 39.7 Å². The summed E-state index contributed by atoms with van der Waals surface area (Å²) in [5, 5.41) is 11.3. The summed E-state index contributed by atoms with van der Waals surface area (Å²) in [5.41, 5.74) is 1.65. The number of fused-ring (bicyclic) bond motifs is 5. The van der Waals surface area contributed by atoms with E-state index < -0.39 is 39.4 Å². The van der Waals surface area contributed by atoms with Gasteiger partial charge in [0, 0.05) is 12.1 Å². The Balaban J connectivity index is 1.61. The van der Waals surface area contributed by atoms with E-state index in [4.69, 9.17) is 0 Å². The molecule has 1 saturated carbocycles. The highest BCUT2D eigenvalue weighted by Gasteiger charge is 2.79. The fourth-order valence-electron chi connectivity index (χ4n) is 7.37. The molecule has 3 aromatic carbocycles. The number of aryl methyl sites for hydroxylation is 1. The van der Waals surface area contributed by atoms with Gasteiger partial charge in [0.15, 0.2) is 5.78 Å². The lowest BCUT2D eigenvalue weighted by molar-refractivity contribution is -0.384. The van der Waals surface area contributed by atoms with Gasteiger partial charge in [0.05, 0.1) is 33.3 Å². The number of amides is 2. The maximum atomic E-state index is 14.5. The molecule has 1 heterocycles. The summed E-state index contributed by atoms with van der Waals surface area (Å²) in [6, 6.07) is 23.4. The van der Waals surface area contributed by atoms with Gasteiger partial charge in [-0.3, -0.25) is 24.5 Å². The minimum atomic E-state index is -1.20. The van der Waals surface area contributed by atoms with Crippen molar-refractivity contribution < 1.29 is 19.3 Å². The maximum absolute atomic E-state index is 14.5. The van der Waals surface area contributed by atoms with Crippen LogP contribution in [-0.2, 0) is 14.4 Å². The Labute approximate surface area is 219 Å². The quantitative estimate of drug-likeness (QED) is 0.254. The van der Waals surface area contributed by atoms with Crippen molar-refractivity contribution in [3.8, 4) is 0 Å². The van der Waals surface area contributed by atoms with Crippen molar-refractivity contribution in [1.29, 1.82) is 0 Å². The van der Waals surface area contributed by atoms with E-state index in [0.717, 1.165) is 22.3 Å². The van der Waals surface area contributed by atoms with E-state index in [2.05, 4.69) is 0 Å². The van der Waals surface area contributed by atoms with Crippen molar-refractivity contribution in [2.24, 2.45) is 22.7 Å². The van der Waals surface area contributed by atoms with Gasteiger partial charge >= 0.3 is 0 Å². The van der Waals surface area contributed by atoms with E-state index in [1.165, 1.54) is 23.1 Å². The van der Waals surface area contributed by atoms with Crippen LogP contribution >= 0.6 is 0 Å². The lowest BCUT2D eigenvalue weighted by Crippen LogP contribution is -2.41. The molecule has 2 bridgehead atoms. The third-order valence-electron chi connectivity index (χ3n) is 8.87. The average molecular weight is 507 g/mol. The number of rotatable bonds is 5. The lowest BCUT2D eigenvalue weighted by Gasteiger charge is -2.37. The molecule has 1 saturated heterocycles. The smallest absolute Gasteiger partial charge is 0.269 e. The highest BCUT2D eigenvalue weighted by molar-refractivity contribution is 6.34. The Bertz CT molecular complexity index is 1580. The van der Waals surface area contributed by atoms with E-state index in [9.17, 15) is 24.5 Å². The van der Waals surface area contributed by atoms with Gasteiger partial charge < -0.3 is 0 Å². The zero-order valence-electron chi connectivity index (χ0n) is 21.3. The molecule has 2 amide bonds. The van der Waals surface area contributed by atoms with Gasteiger partial charge in [0.25, 0.3) is 5.69 Å². The van der Waals surface area contributed by atoms with Gasteiger partial charge in [0.1, 0.15) is 0 Å². The fraction of sp³-hybridized carbons (Fsp3) is 0.258.